The summed E-state index contributed by atoms with van der Waals surface area (Å²) in [6, 6.07) is 23.7. The van der Waals surface area contributed by atoms with Gasteiger partial charge in [-0.3, -0.25) is 19.6 Å². The molecule has 3 aromatic rings. The van der Waals surface area contributed by atoms with E-state index in [4.69, 9.17) is 0 Å². The van der Waals surface area contributed by atoms with Crippen molar-refractivity contribution in [3.63, 3.8) is 0 Å². The molecule has 0 heterocycles. The lowest BCUT2D eigenvalue weighted by molar-refractivity contribution is -0.132. The zero-order chi connectivity index (χ0) is 26.6. The minimum Gasteiger partial charge on any atom is -0.350 e. The molecule has 0 spiro atoms. The van der Waals surface area contributed by atoms with E-state index < -0.39 is 23.9 Å². The van der Waals surface area contributed by atoms with Crippen LogP contribution in [0.25, 0.3) is 0 Å². The summed E-state index contributed by atoms with van der Waals surface area (Å²) in [5, 5.41) is 17.6. The Bertz CT molecular complexity index is 1250. The Morgan fingerprint density at radius 1 is 0.784 bits per heavy atom. The Balaban J connectivity index is 1.58. The fourth-order valence-electron chi connectivity index (χ4n) is 3.58. The largest absolute Gasteiger partial charge is 0.350 e. The maximum absolute atomic E-state index is 12.8. The molecule has 3 amide bonds. The molecule has 0 aliphatic rings. The monoisotopic (exact) mass is 498 g/mol. The highest BCUT2D eigenvalue weighted by atomic mass is 16.5. The third-order valence-corrected chi connectivity index (χ3v) is 5.71. The Hall–Kier alpha value is -4.45. The molecular weight excluding hydrogens is 468 g/mol. The molecule has 8 heteroatoms. The van der Waals surface area contributed by atoms with Crippen molar-refractivity contribution in [2.24, 2.45) is 0 Å². The number of carbonyl (C=O) groups is 3. The first-order valence-corrected chi connectivity index (χ1v) is 11.9. The molecule has 37 heavy (non-hydrogen) atoms. The van der Waals surface area contributed by atoms with Crippen molar-refractivity contribution in [1.82, 2.24) is 21.4 Å². The highest BCUT2D eigenvalue weighted by Gasteiger charge is 2.28. The average Bonchev–Trinajstić information content (AvgIpc) is 2.94. The van der Waals surface area contributed by atoms with Crippen molar-refractivity contribution >= 4 is 17.7 Å². The van der Waals surface area contributed by atoms with Gasteiger partial charge in [-0.15, -0.1) is 0 Å². The lowest BCUT2D eigenvalue weighted by atomic mass is 10.1. The summed E-state index contributed by atoms with van der Waals surface area (Å²) in [7, 11) is 0. The molecule has 1 unspecified atom stereocenters. The molecule has 3 atom stereocenters. The van der Waals surface area contributed by atoms with Gasteiger partial charge in [-0.25, -0.2) is 5.48 Å². The maximum atomic E-state index is 12.8. The van der Waals surface area contributed by atoms with E-state index >= 15 is 0 Å². The summed E-state index contributed by atoms with van der Waals surface area (Å²) >= 11 is 0. The smallest absolute Gasteiger partial charge is 0.268 e. The first-order valence-electron chi connectivity index (χ1n) is 11.9. The van der Waals surface area contributed by atoms with E-state index in [0.29, 0.717) is 5.56 Å². The maximum Gasteiger partial charge on any atom is 0.268 e. The van der Waals surface area contributed by atoms with Crippen LogP contribution in [-0.4, -0.2) is 41.6 Å². The average molecular weight is 499 g/mol. The lowest BCUT2D eigenvalue weighted by Crippen LogP contribution is -2.58. The minimum absolute atomic E-state index is 0.00723. The minimum atomic E-state index is -1.20. The van der Waals surface area contributed by atoms with Gasteiger partial charge >= 0.3 is 0 Å². The molecule has 0 bridgehead atoms. The number of carbonyl (C=O) groups excluding carboxylic acids is 3. The molecule has 3 rings (SSSR count). The zero-order valence-corrected chi connectivity index (χ0v) is 20.7. The number of rotatable bonds is 9. The van der Waals surface area contributed by atoms with E-state index in [1.165, 1.54) is 0 Å². The van der Waals surface area contributed by atoms with Gasteiger partial charge in [0.25, 0.3) is 11.8 Å². The van der Waals surface area contributed by atoms with Gasteiger partial charge in [-0.05, 0) is 55.8 Å². The lowest BCUT2D eigenvalue weighted by Gasteiger charge is -2.24. The molecular formula is C29H30N4O4. The van der Waals surface area contributed by atoms with Crippen LogP contribution in [0.5, 0.6) is 0 Å². The summed E-state index contributed by atoms with van der Waals surface area (Å²) < 4.78 is 0. The van der Waals surface area contributed by atoms with Crippen molar-refractivity contribution < 1.29 is 19.6 Å². The molecule has 190 valence electrons. The van der Waals surface area contributed by atoms with Gasteiger partial charge < -0.3 is 16.0 Å². The van der Waals surface area contributed by atoms with E-state index in [-0.39, 0.29) is 18.5 Å². The topological polar surface area (TPSA) is 120 Å². The van der Waals surface area contributed by atoms with Crippen molar-refractivity contribution in [2.75, 3.05) is 6.54 Å². The second-order valence-corrected chi connectivity index (χ2v) is 8.49. The standard InChI is InChI=1S/C29H30N4O4/c1-20(24-11-7-4-8-12-24)30-19-26(34)31-21(2)27(29(36)33-37)32-28(35)25-17-15-23(16-18-25)14-13-22-9-5-3-6-10-22/h3-12,15-18,20-21,27,30,37H,19H2,1-2H3,(H,31,34)(H,32,35)(H,33,36)/t20-,21?,27+/m1/s1. The number of amides is 3. The third kappa shape index (κ3) is 8.32. The van der Waals surface area contributed by atoms with Crippen LogP contribution in [0.15, 0.2) is 84.9 Å². The summed E-state index contributed by atoms with van der Waals surface area (Å²) in [4.78, 5) is 37.5. The molecule has 0 fully saturated rings. The zero-order valence-electron chi connectivity index (χ0n) is 20.7. The normalized spacial score (nSPS) is 12.7. The number of benzene rings is 3. The summed E-state index contributed by atoms with van der Waals surface area (Å²) in [6.07, 6.45) is 0. The quantitative estimate of drug-likeness (QED) is 0.177. The van der Waals surface area contributed by atoms with Crippen LogP contribution >= 0.6 is 0 Å². The van der Waals surface area contributed by atoms with E-state index in [1.54, 1.807) is 36.7 Å². The predicted octanol–water partition coefficient (Wildman–Crippen LogP) is 2.55. The molecule has 0 saturated heterocycles. The molecule has 0 aliphatic heterocycles. The van der Waals surface area contributed by atoms with E-state index in [9.17, 15) is 19.6 Å². The number of hydroxylamine groups is 1. The van der Waals surface area contributed by atoms with Gasteiger partial charge in [0.15, 0.2) is 0 Å². The highest BCUT2D eigenvalue weighted by Crippen LogP contribution is 2.10. The van der Waals surface area contributed by atoms with Gasteiger partial charge in [0.1, 0.15) is 6.04 Å². The number of hydrogen-bond acceptors (Lipinski definition) is 5. The molecule has 0 radical (unpaired) electrons. The van der Waals surface area contributed by atoms with Gasteiger partial charge in [-0.2, -0.15) is 0 Å². The van der Waals surface area contributed by atoms with Crippen molar-refractivity contribution in [3.05, 3.63) is 107 Å². The predicted molar refractivity (Wildman–Crippen MR) is 141 cm³/mol. The van der Waals surface area contributed by atoms with Crippen LogP contribution < -0.4 is 21.4 Å². The summed E-state index contributed by atoms with van der Waals surface area (Å²) in [6.45, 7) is 3.51. The van der Waals surface area contributed by atoms with Crippen LogP contribution in [0.3, 0.4) is 0 Å². The fraction of sp³-hybridized carbons (Fsp3) is 0.207. The molecule has 8 nitrogen and oxygen atoms in total. The second-order valence-electron chi connectivity index (χ2n) is 8.49. The molecule has 0 aromatic heterocycles. The van der Waals surface area contributed by atoms with Crippen molar-refractivity contribution in [1.29, 1.82) is 0 Å². The second kappa shape index (κ2) is 13.6. The van der Waals surface area contributed by atoms with Gasteiger partial charge in [0.2, 0.25) is 5.91 Å². The molecule has 0 saturated carbocycles. The Morgan fingerprint density at radius 3 is 1.95 bits per heavy atom. The van der Waals surface area contributed by atoms with Crippen LogP contribution in [0, 0.1) is 11.8 Å². The molecule has 0 aliphatic carbocycles. The van der Waals surface area contributed by atoms with Gasteiger partial charge in [0, 0.05) is 22.7 Å². The summed E-state index contributed by atoms with van der Waals surface area (Å²) in [5.41, 5.74) is 4.49. The van der Waals surface area contributed by atoms with Crippen LogP contribution in [0.2, 0.25) is 0 Å². The third-order valence-electron chi connectivity index (χ3n) is 5.71. The number of nitrogens with one attached hydrogen (secondary N) is 4. The van der Waals surface area contributed by atoms with Crippen LogP contribution in [0.4, 0.5) is 0 Å². The Morgan fingerprint density at radius 2 is 1.35 bits per heavy atom. The van der Waals surface area contributed by atoms with Gasteiger partial charge in [0.05, 0.1) is 12.6 Å². The van der Waals surface area contributed by atoms with Crippen LogP contribution in [-0.2, 0) is 9.59 Å². The first-order chi connectivity index (χ1) is 17.9. The number of hydrogen-bond donors (Lipinski definition) is 5. The highest BCUT2D eigenvalue weighted by molar-refractivity contribution is 5.98. The van der Waals surface area contributed by atoms with E-state index in [0.717, 1.165) is 16.7 Å². The van der Waals surface area contributed by atoms with Crippen LogP contribution in [0.1, 0.15) is 46.9 Å². The van der Waals surface area contributed by atoms with Crippen molar-refractivity contribution in [2.45, 2.75) is 32.0 Å². The SMILES string of the molecule is CC(NC(=O)CN[C@H](C)c1ccccc1)[C@H](NC(=O)c1ccc(C#Cc2ccccc2)cc1)C(=O)NO. The molecule has 3 aromatic carbocycles. The van der Waals surface area contributed by atoms with Crippen molar-refractivity contribution in [3.8, 4) is 11.8 Å². The summed E-state index contributed by atoms with van der Waals surface area (Å²) in [5.74, 6) is 4.34. The molecule has 5 N–H and O–H groups in total. The van der Waals surface area contributed by atoms with Gasteiger partial charge in [-0.1, -0.05) is 60.4 Å². The fourth-order valence-corrected chi connectivity index (χ4v) is 3.58. The Labute approximate surface area is 216 Å². The Kier molecular flexibility index (Phi) is 9.97. The van der Waals surface area contributed by atoms with E-state index in [1.807, 2.05) is 67.6 Å². The van der Waals surface area contributed by atoms with E-state index in [2.05, 4.69) is 27.8 Å². The first kappa shape index (κ1) is 27.1.